The van der Waals surface area contributed by atoms with Crippen molar-refractivity contribution in [1.82, 2.24) is 5.32 Å². The lowest BCUT2D eigenvalue weighted by atomic mass is 9.95. The molecule has 26 heavy (non-hydrogen) atoms. The molecule has 0 saturated carbocycles. The number of fused-ring (bicyclic) bond motifs is 2. The molecule has 5 nitrogen and oxygen atoms in total. The van der Waals surface area contributed by atoms with Crippen molar-refractivity contribution >= 4 is 16.7 Å². The minimum Gasteiger partial charge on any atom is -0.454 e. The summed E-state index contributed by atoms with van der Waals surface area (Å²) in [5.41, 5.74) is 0.00543. The normalized spacial score (nSPS) is 14.8. The Kier molecular flexibility index (Phi) is 4.01. The van der Waals surface area contributed by atoms with Gasteiger partial charge in [-0.3, -0.25) is 4.79 Å². The zero-order chi connectivity index (χ0) is 18.1. The quantitative estimate of drug-likeness (QED) is 0.759. The molecule has 0 radical (unpaired) electrons. The molecule has 2 N–H and O–H groups in total. The van der Waals surface area contributed by atoms with Crippen molar-refractivity contribution < 1.29 is 19.4 Å². The van der Waals surface area contributed by atoms with Crippen LogP contribution in [0.25, 0.3) is 10.8 Å². The molecule has 1 heterocycles. The summed E-state index contributed by atoms with van der Waals surface area (Å²) in [6.07, 6.45) is 0. The summed E-state index contributed by atoms with van der Waals surface area (Å²) in [6, 6.07) is 18.6. The van der Waals surface area contributed by atoms with Gasteiger partial charge in [0.1, 0.15) is 5.60 Å². The highest BCUT2D eigenvalue weighted by atomic mass is 16.7. The van der Waals surface area contributed by atoms with Gasteiger partial charge in [-0.1, -0.05) is 42.5 Å². The topological polar surface area (TPSA) is 67.8 Å². The van der Waals surface area contributed by atoms with E-state index in [-0.39, 0.29) is 19.2 Å². The minimum absolute atomic E-state index is 0.0781. The zero-order valence-corrected chi connectivity index (χ0v) is 14.4. The van der Waals surface area contributed by atoms with Crippen molar-refractivity contribution in [2.45, 2.75) is 12.5 Å². The summed E-state index contributed by atoms with van der Waals surface area (Å²) < 4.78 is 10.6. The number of benzene rings is 3. The van der Waals surface area contributed by atoms with E-state index in [0.717, 1.165) is 10.8 Å². The standard InChI is InChI=1S/C21H19NO4/c1-21(24,15-9-10-18-19(11-15)26-13-25-18)12-22-20(23)17-8-4-6-14-5-2-3-7-16(14)17/h2-11,24H,12-13H2,1H3,(H,22,23). The molecule has 0 spiro atoms. The Labute approximate surface area is 151 Å². The molecule has 3 aromatic rings. The predicted octanol–water partition coefficient (Wildman–Crippen LogP) is 3.21. The van der Waals surface area contributed by atoms with Gasteiger partial charge in [-0.2, -0.15) is 0 Å². The van der Waals surface area contributed by atoms with E-state index >= 15 is 0 Å². The number of nitrogens with one attached hydrogen (secondary N) is 1. The van der Waals surface area contributed by atoms with Crippen molar-refractivity contribution in [1.29, 1.82) is 0 Å². The Morgan fingerprint density at radius 1 is 1.08 bits per heavy atom. The average Bonchev–Trinajstić information content (AvgIpc) is 3.13. The van der Waals surface area contributed by atoms with Gasteiger partial charge in [-0.25, -0.2) is 0 Å². The summed E-state index contributed by atoms with van der Waals surface area (Å²) in [5, 5.41) is 15.5. The van der Waals surface area contributed by atoms with E-state index in [0.29, 0.717) is 22.6 Å². The number of hydrogen-bond donors (Lipinski definition) is 2. The van der Waals surface area contributed by atoms with E-state index in [2.05, 4.69) is 5.32 Å². The molecule has 1 unspecified atom stereocenters. The Morgan fingerprint density at radius 3 is 2.73 bits per heavy atom. The van der Waals surface area contributed by atoms with Gasteiger partial charge in [0, 0.05) is 5.56 Å². The second kappa shape index (κ2) is 6.35. The third kappa shape index (κ3) is 2.97. The van der Waals surface area contributed by atoms with E-state index < -0.39 is 5.60 Å². The fourth-order valence-corrected chi connectivity index (χ4v) is 3.10. The first kappa shape index (κ1) is 16.4. The number of hydrogen-bond acceptors (Lipinski definition) is 4. The smallest absolute Gasteiger partial charge is 0.252 e. The van der Waals surface area contributed by atoms with E-state index in [1.54, 1.807) is 31.2 Å². The third-order valence-electron chi connectivity index (χ3n) is 4.62. The Hall–Kier alpha value is -3.05. The molecule has 1 aliphatic rings. The molecule has 5 heteroatoms. The average molecular weight is 349 g/mol. The van der Waals surface area contributed by atoms with Gasteiger partial charge in [0.2, 0.25) is 6.79 Å². The first-order valence-electron chi connectivity index (χ1n) is 8.43. The van der Waals surface area contributed by atoms with Gasteiger partial charge in [-0.05, 0) is 41.5 Å². The minimum atomic E-state index is -1.23. The molecule has 0 aromatic heterocycles. The predicted molar refractivity (Wildman–Crippen MR) is 98.4 cm³/mol. The van der Waals surface area contributed by atoms with Crippen molar-refractivity contribution in [3.05, 3.63) is 71.8 Å². The molecular formula is C21H19NO4. The molecule has 3 aromatic carbocycles. The maximum absolute atomic E-state index is 12.7. The van der Waals surface area contributed by atoms with Crippen LogP contribution in [0.15, 0.2) is 60.7 Å². The van der Waals surface area contributed by atoms with Crippen LogP contribution in [0.1, 0.15) is 22.8 Å². The molecule has 0 fully saturated rings. The molecule has 0 saturated heterocycles. The SMILES string of the molecule is CC(O)(CNC(=O)c1cccc2ccccc12)c1ccc2c(c1)OCO2. The van der Waals surface area contributed by atoms with Gasteiger partial charge in [0.15, 0.2) is 11.5 Å². The summed E-state index contributed by atoms with van der Waals surface area (Å²) in [4.78, 5) is 12.7. The lowest BCUT2D eigenvalue weighted by molar-refractivity contribution is 0.0525. The Morgan fingerprint density at radius 2 is 1.85 bits per heavy atom. The summed E-state index contributed by atoms with van der Waals surface area (Å²) in [6.45, 7) is 1.92. The van der Waals surface area contributed by atoms with E-state index in [4.69, 9.17) is 9.47 Å². The van der Waals surface area contributed by atoms with E-state index in [1.165, 1.54) is 0 Å². The van der Waals surface area contributed by atoms with E-state index in [1.807, 2.05) is 36.4 Å². The molecule has 0 aliphatic carbocycles. The molecule has 0 bridgehead atoms. The van der Waals surface area contributed by atoms with Crippen LogP contribution in [-0.4, -0.2) is 24.4 Å². The summed E-state index contributed by atoms with van der Waals surface area (Å²) in [7, 11) is 0. The van der Waals surface area contributed by atoms with Crippen molar-refractivity contribution in [3.63, 3.8) is 0 Å². The highest BCUT2D eigenvalue weighted by Gasteiger charge is 2.27. The number of aliphatic hydroxyl groups is 1. The first-order chi connectivity index (χ1) is 12.5. The van der Waals surface area contributed by atoms with Gasteiger partial charge in [0.25, 0.3) is 5.91 Å². The molecule has 1 aliphatic heterocycles. The van der Waals surface area contributed by atoms with E-state index in [9.17, 15) is 9.90 Å². The van der Waals surface area contributed by atoms with Crippen molar-refractivity contribution in [2.75, 3.05) is 13.3 Å². The van der Waals surface area contributed by atoms with Crippen LogP contribution >= 0.6 is 0 Å². The lowest BCUT2D eigenvalue weighted by Crippen LogP contribution is -2.38. The first-order valence-corrected chi connectivity index (χ1v) is 8.43. The maximum Gasteiger partial charge on any atom is 0.252 e. The molecular weight excluding hydrogens is 330 g/mol. The third-order valence-corrected chi connectivity index (χ3v) is 4.62. The second-order valence-electron chi connectivity index (χ2n) is 6.55. The van der Waals surface area contributed by atoms with Gasteiger partial charge >= 0.3 is 0 Å². The van der Waals surface area contributed by atoms with Gasteiger partial charge < -0.3 is 19.9 Å². The number of amides is 1. The molecule has 1 atom stereocenters. The Balaban J connectivity index is 1.53. The van der Waals surface area contributed by atoms with Crippen LogP contribution in [0.3, 0.4) is 0 Å². The highest BCUT2D eigenvalue weighted by Crippen LogP contribution is 2.35. The van der Waals surface area contributed by atoms with Crippen LogP contribution in [0.2, 0.25) is 0 Å². The van der Waals surface area contributed by atoms with Gasteiger partial charge in [-0.15, -0.1) is 0 Å². The largest absolute Gasteiger partial charge is 0.454 e. The molecule has 132 valence electrons. The van der Waals surface area contributed by atoms with Crippen molar-refractivity contribution in [3.8, 4) is 11.5 Å². The number of ether oxygens (including phenoxy) is 2. The number of rotatable bonds is 4. The fourth-order valence-electron chi connectivity index (χ4n) is 3.10. The maximum atomic E-state index is 12.7. The zero-order valence-electron chi connectivity index (χ0n) is 14.4. The second-order valence-corrected chi connectivity index (χ2v) is 6.55. The fraction of sp³-hybridized carbons (Fsp3) is 0.190. The van der Waals surface area contributed by atoms with Crippen LogP contribution in [0, 0.1) is 0 Å². The lowest BCUT2D eigenvalue weighted by Gasteiger charge is -2.24. The summed E-state index contributed by atoms with van der Waals surface area (Å²) >= 11 is 0. The van der Waals surface area contributed by atoms with Gasteiger partial charge in [0.05, 0.1) is 6.54 Å². The highest BCUT2D eigenvalue weighted by molar-refractivity contribution is 6.07. The molecule has 4 rings (SSSR count). The van der Waals surface area contributed by atoms with Crippen molar-refractivity contribution in [2.24, 2.45) is 0 Å². The monoisotopic (exact) mass is 349 g/mol. The number of carbonyl (C=O) groups is 1. The Bertz CT molecular complexity index is 975. The van der Waals surface area contributed by atoms with Crippen LogP contribution < -0.4 is 14.8 Å². The van der Waals surface area contributed by atoms with Crippen LogP contribution in [0.4, 0.5) is 0 Å². The molecule has 1 amide bonds. The summed E-state index contributed by atoms with van der Waals surface area (Å²) in [5.74, 6) is 1.04. The number of carbonyl (C=O) groups excluding carboxylic acids is 1. The van der Waals surface area contributed by atoms with Crippen LogP contribution in [0.5, 0.6) is 11.5 Å². The van der Waals surface area contributed by atoms with Crippen LogP contribution in [-0.2, 0) is 5.60 Å².